The molecule has 1 heterocycles. The smallest absolute Gasteiger partial charge is 0.233 e. The summed E-state index contributed by atoms with van der Waals surface area (Å²) in [7, 11) is 0. The molecule has 3 N–H and O–H groups in total. The highest BCUT2D eigenvalue weighted by atomic mass is 16.5. The van der Waals surface area contributed by atoms with Crippen molar-refractivity contribution in [2.45, 2.75) is 32.5 Å². The van der Waals surface area contributed by atoms with Crippen LogP contribution >= 0.6 is 0 Å². The van der Waals surface area contributed by atoms with Crippen LogP contribution in [0.15, 0.2) is 22.8 Å². The minimum atomic E-state index is -0.177. The van der Waals surface area contributed by atoms with Gasteiger partial charge < -0.3 is 9.15 Å². The topological polar surface area (TPSA) is 77.5 Å². The first-order chi connectivity index (χ1) is 7.22. The standard InChI is InChI=1S/C10H16N2O3/c1-8(4-5-10(13)12-11)15-7-9-3-2-6-14-9/h2-3,6,8H,4-5,7,11H2,1H3,(H,12,13). The van der Waals surface area contributed by atoms with Crippen molar-refractivity contribution >= 4 is 5.91 Å². The van der Waals surface area contributed by atoms with Gasteiger partial charge >= 0.3 is 0 Å². The first-order valence-corrected chi connectivity index (χ1v) is 4.86. The summed E-state index contributed by atoms with van der Waals surface area (Å²) in [6, 6.07) is 3.66. The van der Waals surface area contributed by atoms with Crippen LogP contribution in [0.3, 0.4) is 0 Å². The van der Waals surface area contributed by atoms with Gasteiger partial charge in [-0.1, -0.05) is 0 Å². The molecule has 15 heavy (non-hydrogen) atoms. The van der Waals surface area contributed by atoms with Crippen molar-refractivity contribution in [2.24, 2.45) is 5.84 Å². The Morgan fingerprint density at radius 3 is 3.13 bits per heavy atom. The number of amides is 1. The van der Waals surface area contributed by atoms with Crippen LogP contribution in [0.4, 0.5) is 0 Å². The number of ether oxygens (including phenoxy) is 1. The highest BCUT2D eigenvalue weighted by molar-refractivity contribution is 5.75. The van der Waals surface area contributed by atoms with Crippen molar-refractivity contribution in [3.63, 3.8) is 0 Å². The van der Waals surface area contributed by atoms with E-state index in [2.05, 4.69) is 5.43 Å². The summed E-state index contributed by atoms with van der Waals surface area (Å²) in [6.07, 6.45) is 2.62. The number of hydrazine groups is 1. The largest absolute Gasteiger partial charge is 0.467 e. The minimum absolute atomic E-state index is 0.00685. The van der Waals surface area contributed by atoms with Crippen LogP contribution in [0.25, 0.3) is 0 Å². The Kier molecular flexibility index (Phi) is 4.86. The number of nitrogens with two attached hydrogens (primary N) is 1. The predicted molar refractivity (Wildman–Crippen MR) is 54.5 cm³/mol. The van der Waals surface area contributed by atoms with E-state index in [9.17, 15) is 4.79 Å². The predicted octanol–water partition coefficient (Wildman–Crippen LogP) is 0.955. The Balaban J connectivity index is 2.13. The lowest BCUT2D eigenvalue weighted by Crippen LogP contribution is -2.30. The number of carbonyl (C=O) groups excluding carboxylic acids is 1. The maximum atomic E-state index is 10.8. The van der Waals surface area contributed by atoms with Gasteiger partial charge in [0.25, 0.3) is 0 Å². The molecule has 0 aliphatic carbocycles. The molecule has 1 unspecified atom stereocenters. The third kappa shape index (κ3) is 4.62. The molecular weight excluding hydrogens is 196 g/mol. The zero-order valence-electron chi connectivity index (χ0n) is 8.73. The second-order valence-electron chi connectivity index (χ2n) is 3.31. The third-order valence-corrected chi connectivity index (χ3v) is 2.03. The highest BCUT2D eigenvalue weighted by Gasteiger charge is 2.06. The van der Waals surface area contributed by atoms with E-state index >= 15 is 0 Å². The molecule has 0 bridgehead atoms. The molecule has 1 aromatic heterocycles. The molecule has 0 aromatic carbocycles. The molecule has 1 amide bonds. The molecule has 5 heteroatoms. The van der Waals surface area contributed by atoms with Crippen LogP contribution in [0.2, 0.25) is 0 Å². The second kappa shape index (κ2) is 6.21. The van der Waals surface area contributed by atoms with Gasteiger partial charge in [0.15, 0.2) is 0 Å². The first-order valence-electron chi connectivity index (χ1n) is 4.86. The van der Waals surface area contributed by atoms with E-state index in [4.69, 9.17) is 15.0 Å². The SMILES string of the molecule is CC(CCC(=O)NN)OCc1ccco1. The highest BCUT2D eigenvalue weighted by Crippen LogP contribution is 2.07. The Morgan fingerprint density at radius 2 is 2.53 bits per heavy atom. The van der Waals surface area contributed by atoms with E-state index in [-0.39, 0.29) is 12.0 Å². The molecule has 1 rings (SSSR count). The van der Waals surface area contributed by atoms with Crippen molar-refractivity contribution < 1.29 is 13.9 Å². The lowest BCUT2D eigenvalue weighted by atomic mass is 10.2. The molecule has 0 aliphatic rings. The molecule has 0 aliphatic heterocycles. The van der Waals surface area contributed by atoms with Gasteiger partial charge in [-0.15, -0.1) is 0 Å². The number of hydrogen-bond acceptors (Lipinski definition) is 4. The van der Waals surface area contributed by atoms with E-state index in [1.165, 1.54) is 0 Å². The fourth-order valence-electron chi connectivity index (χ4n) is 1.11. The molecular formula is C10H16N2O3. The zero-order chi connectivity index (χ0) is 11.1. The average molecular weight is 212 g/mol. The molecule has 0 fully saturated rings. The molecule has 1 atom stereocenters. The number of hydrogen-bond donors (Lipinski definition) is 2. The van der Waals surface area contributed by atoms with Gasteiger partial charge in [-0.2, -0.15) is 0 Å². The van der Waals surface area contributed by atoms with Gasteiger partial charge in [-0.25, -0.2) is 5.84 Å². The molecule has 0 saturated carbocycles. The molecule has 0 saturated heterocycles. The summed E-state index contributed by atoms with van der Waals surface area (Å²) in [5, 5.41) is 0. The summed E-state index contributed by atoms with van der Waals surface area (Å²) in [5.74, 6) is 5.56. The van der Waals surface area contributed by atoms with Crippen LogP contribution in [0.5, 0.6) is 0 Å². The Bertz CT molecular complexity index is 285. The van der Waals surface area contributed by atoms with E-state index in [1.807, 2.05) is 19.1 Å². The van der Waals surface area contributed by atoms with Crippen molar-refractivity contribution in [2.75, 3.05) is 0 Å². The fourth-order valence-corrected chi connectivity index (χ4v) is 1.11. The van der Waals surface area contributed by atoms with Gasteiger partial charge in [-0.3, -0.25) is 10.2 Å². The Morgan fingerprint density at radius 1 is 1.73 bits per heavy atom. The lowest BCUT2D eigenvalue weighted by molar-refractivity contribution is -0.121. The van der Waals surface area contributed by atoms with Crippen LogP contribution in [-0.2, 0) is 16.1 Å². The van der Waals surface area contributed by atoms with Gasteiger partial charge in [-0.05, 0) is 25.5 Å². The number of carbonyl (C=O) groups is 1. The van der Waals surface area contributed by atoms with Crippen molar-refractivity contribution in [1.29, 1.82) is 0 Å². The molecule has 0 radical (unpaired) electrons. The maximum Gasteiger partial charge on any atom is 0.233 e. The van der Waals surface area contributed by atoms with Crippen LogP contribution in [0.1, 0.15) is 25.5 Å². The Labute approximate surface area is 88.6 Å². The number of rotatable bonds is 6. The Hall–Kier alpha value is -1.33. The van der Waals surface area contributed by atoms with Crippen molar-refractivity contribution in [3.05, 3.63) is 24.2 Å². The minimum Gasteiger partial charge on any atom is -0.467 e. The fraction of sp³-hybridized carbons (Fsp3) is 0.500. The molecule has 1 aromatic rings. The third-order valence-electron chi connectivity index (χ3n) is 2.03. The summed E-state index contributed by atoms with van der Waals surface area (Å²) < 4.78 is 10.6. The summed E-state index contributed by atoms with van der Waals surface area (Å²) in [6.45, 7) is 2.34. The summed E-state index contributed by atoms with van der Waals surface area (Å²) in [5.41, 5.74) is 2.08. The van der Waals surface area contributed by atoms with Gasteiger partial charge in [0.2, 0.25) is 5.91 Å². The van der Waals surface area contributed by atoms with Crippen LogP contribution < -0.4 is 11.3 Å². The van der Waals surface area contributed by atoms with E-state index in [0.29, 0.717) is 19.4 Å². The van der Waals surface area contributed by atoms with E-state index in [1.54, 1.807) is 6.26 Å². The molecule has 5 nitrogen and oxygen atoms in total. The summed E-state index contributed by atoms with van der Waals surface area (Å²) in [4.78, 5) is 10.8. The molecule has 84 valence electrons. The van der Waals surface area contributed by atoms with Gasteiger partial charge in [0, 0.05) is 6.42 Å². The maximum absolute atomic E-state index is 10.8. The summed E-state index contributed by atoms with van der Waals surface area (Å²) >= 11 is 0. The van der Waals surface area contributed by atoms with Gasteiger partial charge in [0.1, 0.15) is 12.4 Å². The van der Waals surface area contributed by atoms with Gasteiger partial charge in [0.05, 0.1) is 12.4 Å². The van der Waals surface area contributed by atoms with E-state index in [0.717, 1.165) is 5.76 Å². The monoisotopic (exact) mass is 212 g/mol. The van der Waals surface area contributed by atoms with Crippen LogP contribution in [-0.4, -0.2) is 12.0 Å². The normalized spacial score (nSPS) is 12.4. The number of furan rings is 1. The van der Waals surface area contributed by atoms with E-state index < -0.39 is 0 Å². The van der Waals surface area contributed by atoms with Crippen molar-refractivity contribution in [3.8, 4) is 0 Å². The molecule has 0 spiro atoms. The average Bonchev–Trinajstić information content (AvgIpc) is 2.75. The van der Waals surface area contributed by atoms with Crippen molar-refractivity contribution in [1.82, 2.24) is 5.43 Å². The first kappa shape index (κ1) is 11.7. The number of nitrogens with one attached hydrogen (secondary N) is 1. The quantitative estimate of drug-likeness (QED) is 0.418. The second-order valence-corrected chi connectivity index (χ2v) is 3.31. The zero-order valence-corrected chi connectivity index (χ0v) is 8.73. The van der Waals surface area contributed by atoms with Crippen LogP contribution in [0, 0.1) is 0 Å². The lowest BCUT2D eigenvalue weighted by Gasteiger charge is -2.10.